The van der Waals surface area contributed by atoms with Crippen molar-refractivity contribution in [3.8, 4) is 0 Å². The summed E-state index contributed by atoms with van der Waals surface area (Å²) in [4.78, 5) is 13.8. The normalized spacial score (nSPS) is 21.2. The van der Waals surface area contributed by atoms with Crippen LogP contribution >= 0.6 is 0 Å². The maximum atomic E-state index is 11.3. The summed E-state index contributed by atoms with van der Waals surface area (Å²) in [7, 11) is 0. The smallest absolute Gasteiger partial charge is 0.234 e. The van der Waals surface area contributed by atoms with E-state index in [2.05, 4.69) is 24.1 Å². The first-order valence-corrected chi connectivity index (χ1v) is 7.82. The lowest BCUT2D eigenvalue weighted by Gasteiger charge is -2.41. The highest BCUT2D eigenvalue weighted by atomic mass is 16.1. The lowest BCUT2D eigenvalue weighted by molar-refractivity contribution is -0.120. The standard InChI is InChI=1S/C15H31N3O/c1-4-15(5-2)8-11-18(12-9-15)10-7-13(14(16)19)17-6-3/h13,17H,4-12H2,1-3H3,(H2,16,19). The summed E-state index contributed by atoms with van der Waals surface area (Å²) in [5, 5.41) is 3.16. The van der Waals surface area contributed by atoms with Crippen molar-refractivity contribution >= 4 is 5.91 Å². The average Bonchev–Trinajstić information content (AvgIpc) is 2.44. The number of hydrogen-bond donors (Lipinski definition) is 2. The van der Waals surface area contributed by atoms with E-state index in [1.54, 1.807) is 0 Å². The van der Waals surface area contributed by atoms with Crippen LogP contribution < -0.4 is 11.1 Å². The molecule has 3 N–H and O–H groups in total. The lowest BCUT2D eigenvalue weighted by atomic mass is 9.74. The molecule has 0 aromatic rings. The quantitative estimate of drug-likeness (QED) is 0.706. The van der Waals surface area contributed by atoms with Crippen molar-refractivity contribution in [3.63, 3.8) is 0 Å². The third-order valence-electron chi connectivity index (χ3n) is 4.94. The number of nitrogens with zero attached hydrogens (tertiary/aromatic N) is 1. The molecule has 0 aromatic carbocycles. The minimum absolute atomic E-state index is 0.172. The van der Waals surface area contributed by atoms with Crippen molar-refractivity contribution in [1.29, 1.82) is 0 Å². The van der Waals surface area contributed by atoms with E-state index in [1.165, 1.54) is 38.8 Å². The number of piperidine rings is 1. The van der Waals surface area contributed by atoms with Crippen LogP contribution in [-0.2, 0) is 4.79 Å². The second-order valence-corrected chi connectivity index (χ2v) is 5.85. The van der Waals surface area contributed by atoms with E-state index in [4.69, 9.17) is 5.73 Å². The van der Waals surface area contributed by atoms with Crippen LogP contribution in [0.1, 0.15) is 52.9 Å². The van der Waals surface area contributed by atoms with Gasteiger partial charge in [-0.2, -0.15) is 0 Å². The number of likely N-dealkylation sites (tertiary alicyclic amines) is 1. The van der Waals surface area contributed by atoms with Crippen LogP contribution in [0.15, 0.2) is 0 Å². The highest BCUT2D eigenvalue weighted by Gasteiger charge is 2.31. The Morgan fingerprint density at radius 2 is 1.84 bits per heavy atom. The largest absolute Gasteiger partial charge is 0.368 e. The summed E-state index contributed by atoms with van der Waals surface area (Å²) in [6, 6.07) is -0.172. The first-order chi connectivity index (χ1) is 9.06. The molecule has 1 unspecified atom stereocenters. The Bertz CT molecular complexity index is 267. The zero-order valence-corrected chi connectivity index (χ0v) is 12.9. The number of amides is 1. The van der Waals surface area contributed by atoms with E-state index in [9.17, 15) is 4.79 Å². The molecule has 0 bridgehead atoms. The molecule has 4 heteroatoms. The number of nitrogens with one attached hydrogen (secondary N) is 1. The molecule has 112 valence electrons. The number of nitrogens with two attached hydrogens (primary N) is 1. The summed E-state index contributed by atoms with van der Waals surface area (Å²) in [6.07, 6.45) is 6.00. The molecule has 0 radical (unpaired) electrons. The number of rotatable bonds is 8. The van der Waals surface area contributed by atoms with Crippen LogP contribution in [0.25, 0.3) is 0 Å². The van der Waals surface area contributed by atoms with E-state index in [-0.39, 0.29) is 11.9 Å². The van der Waals surface area contributed by atoms with Gasteiger partial charge in [-0.25, -0.2) is 0 Å². The number of primary amides is 1. The molecule has 1 aliphatic rings. The summed E-state index contributed by atoms with van der Waals surface area (Å²) in [5.74, 6) is -0.227. The summed E-state index contributed by atoms with van der Waals surface area (Å²) < 4.78 is 0. The minimum Gasteiger partial charge on any atom is -0.368 e. The second kappa shape index (κ2) is 7.85. The first-order valence-electron chi connectivity index (χ1n) is 7.82. The van der Waals surface area contributed by atoms with E-state index < -0.39 is 0 Å². The third-order valence-corrected chi connectivity index (χ3v) is 4.94. The van der Waals surface area contributed by atoms with Gasteiger partial charge in [-0.05, 0) is 44.3 Å². The maximum absolute atomic E-state index is 11.3. The fraction of sp³-hybridized carbons (Fsp3) is 0.933. The Balaban J connectivity index is 2.34. The highest BCUT2D eigenvalue weighted by Crippen LogP contribution is 2.37. The molecule has 1 heterocycles. The van der Waals surface area contributed by atoms with E-state index in [0.29, 0.717) is 5.41 Å². The van der Waals surface area contributed by atoms with Crippen molar-refractivity contribution in [2.24, 2.45) is 11.1 Å². The molecule has 1 aliphatic heterocycles. The van der Waals surface area contributed by atoms with Crippen molar-refractivity contribution in [2.45, 2.75) is 58.9 Å². The zero-order chi connectivity index (χ0) is 14.3. The van der Waals surface area contributed by atoms with Gasteiger partial charge in [0.1, 0.15) is 0 Å². The van der Waals surface area contributed by atoms with Crippen LogP contribution in [0.5, 0.6) is 0 Å². The van der Waals surface area contributed by atoms with Crippen LogP contribution in [0.2, 0.25) is 0 Å². The van der Waals surface area contributed by atoms with E-state index in [0.717, 1.165) is 19.5 Å². The number of likely N-dealkylation sites (N-methyl/N-ethyl adjacent to an activating group) is 1. The Morgan fingerprint density at radius 3 is 2.26 bits per heavy atom. The number of hydrogen-bond acceptors (Lipinski definition) is 3. The molecule has 1 fully saturated rings. The van der Waals surface area contributed by atoms with Gasteiger partial charge >= 0.3 is 0 Å². The van der Waals surface area contributed by atoms with Gasteiger partial charge in [-0.1, -0.05) is 33.6 Å². The zero-order valence-electron chi connectivity index (χ0n) is 12.9. The van der Waals surface area contributed by atoms with Crippen LogP contribution in [-0.4, -0.2) is 43.0 Å². The second-order valence-electron chi connectivity index (χ2n) is 5.85. The van der Waals surface area contributed by atoms with Crippen LogP contribution in [0.3, 0.4) is 0 Å². The van der Waals surface area contributed by atoms with Gasteiger partial charge < -0.3 is 16.0 Å². The molecule has 1 amide bonds. The lowest BCUT2D eigenvalue weighted by Crippen LogP contribution is -2.45. The first kappa shape index (κ1) is 16.4. The summed E-state index contributed by atoms with van der Waals surface area (Å²) in [5.41, 5.74) is 5.98. The Kier molecular flexibility index (Phi) is 6.80. The monoisotopic (exact) mass is 269 g/mol. The average molecular weight is 269 g/mol. The van der Waals surface area contributed by atoms with Crippen molar-refractivity contribution in [2.75, 3.05) is 26.2 Å². The summed E-state index contributed by atoms with van der Waals surface area (Å²) >= 11 is 0. The fourth-order valence-corrected chi connectivity index (χ4v) is 3.11. The molecular formula is C15H31N3O. The molecular weight excluding hydrogens is 238 g/mol. The van der Waals surface area contributed by atoms with Crippen molar-refractivity contribution in [1.82, 2.24) is 10.2 Å². The molecule has 19 heavy (non-hydrogen) atoms. The van der Waals surface area contributed by atoms with E-state index in [1.807, 2.05) is 6.92 Å². The Morgan fingerprint density at radius 1 is 1.26 bits per heavy atom. The molecule has 0 spiro atoms. The summed E-state index contributed by atoms with van der Waals surface area (Å²) in [6.45, 7) is 10.7. The van der Waals surface area contributed by atoms with Crippen molar-refractivity contribution < 1.29 is 4.79 Å². The van der Waals surface area contributed by atoms with Crippen molar-refractivity contribution in [3.05, 3.63) is 0 Å². The topological polar surface area (TPSA) is 58.4 Å². The van der Waals surface area contributed by atoms with Crippen LogP contribution in [0, 0.1) is 5.41 Å². The maximum Gasteiger partial charge on any atom is 0.234 e. The molecule has 4 nitrogen and oxygen atoms in total. The molecule has 1 atom stereocenters. The van der Waals surface area contributed by atoms with Gasteiger partial charge in [0.15, 0.2) is 0 Å². The van der Waals surface area contributed by atoms with Gasteiger partial charge in [-0.15, -0.1) is 0 Å². The van der Waals surface area contributed by atoms with Gasteiger partial charge in [0.25, 0.3) is 0 Å². The predicted octanol–water partition coefficient (Wildman–Crippen LogP) is 1.74. The van der Waals surface area contributed by atoms with Gasteiger partial charge in [0.05, 0.1) is 6.04 Å². The van der Waals surface area contributed by atoms with Gasteiger partial charge in [0.2, 0.25) is 5.91 Å². The highest BCUT2D eigenvalue weighted by molar-refractivity contribution is 5.79. The predicted molar refractivity (Wildman–Crippen MR) is 80.0 cm³/mol. The third kappa shape index (κ3) is 4.77. The number of carbonyl (C=O) groups excluding carboxylic acids is 1. The SMILES string of the molecule is CCNC(CCN1CCC(CC)(CC)CC1)C(N)=O. The minimum atomic E-state index is -0.227. The Hall–Kier alpha value is -0.610. The van der Waals surface area contributed by atoms with E-state index >= 15 is 0 Å². The van der Waals surface area contributed by atoms with Gasteiger partial charge in [0, 0.05) is 6.54 Å². The molecule has 0 saturated carbocycles. The molecule has 0 aromatic heterocycles. The number of carbonyl (C=O) groups is 1. The molecule has 0 aliphatic carbocycles. The Labute approximate surface area is 118 Å². The molecule has 1 rings (SSSR count). The van der Waals surface area contributed by atoms with Gasteiger partial charge in [-0.3, -0.25) is 4.79 Å². The fourth-order valence-electron chi connectivity index (χ4n) is 3.11. The van der Waals surface area contributed by atoms with Crippen LogP contribution in [0.4, 0.5) is 0 Å². The molecule has 1 saturated heterocycles.